The minimum Gasteiger partial charge on any atom is -0.480 e. The number of nitrogens with zero attached hydrogens (tertiary/aromatic N) is 1. The molecule has 3 N–H and O–H groups in total. The standard InChI is InChI=1S/C18H31N3O4/c1-12(19-3)15(22)20-18(2,13-8-5-4-6-9-13)17(25)21-11-7-10-14(21)16(23)24/h12-14,19H,4-11H2,1-3H3,(H,20,22)(H,23,24). The quantitative estimate of drug-likeness (QED) is 0.665. The monoisotopic (exact) mass is 353 g/mol. The van der Waals surface area contributed by atoms with E-state index < -0.39 is 23.6 Å². The Morgan fingerprint density at radius 1 is 1.12 bits per heavy atom. The fraction of sp³-hybridized carbons (Fsp3) is 0.833. The molecule has 0 radical (unpaired) electrons. The molecule has 7 heteroatoms. The number of amides is 2. The predicted molar refractivity (Wildman–Crippen MR) is 94.0 cm³/mol. The summed E-state index contributed by atoms with van der Waals surface area (Å²) in [6, 6.07) is -1.20. The van der Waals surface area contributed by atoms with E-state index in [9.17, 15) is 19.5 Å². The number of hydrogen-bond acceptors (Lipinski definition) is 4. The van der Waals surface area contributed by atoms with Crippen LogP contribution in [0.1, 0.15) is 58.8 Å². The number of rotatable bonds is 6. The van der Waals surface area contributed by atoms with E-state index in [0.29, 0.717) is 19.4 Å². The van der Waals surface area contributed by atoms with Gasteiger partial charge in [-0.2, -0.15) is 0 Å². The third-order valence-corrected chi connectivity index (χ3v) is 5.87. The molecule has 2 rings (SSSR count). The fourth-order valence-electron chi connectivity index (χ4n) is 4.07. The molecule has 1 saturated heterocycles. The Morgan fingerprint density at radius 2 is 1.76 bits per heavy atom. The summed E-state index contributed by atoms with van der Waals surface area (Å²) in [5.74, 6) is -1.40. The zero-order chi connectivity index (χ0) is 18.6. The molecule has 2 aliphatic rings. The average molecular weight is 353 g/mol. The topological polar surface area (TPSA) is 98.7 Å². The number of nitrogens with one attached hydrogen (secondary N) is 2. The molecule has 2 amide bonds. The van der Waals surface area contributed by atoms with Crippen LogP contribution in [-0.2, 0) is 14.4 Å². The minimum atomic E-state index is -1.05. The van der Waals surface area contributed by atoms with E-state index in [4.69, 9.17) is 0 Å². The number of likely N-dealkylation sites (tertiary alicyclic amines) is 1. The van der Waals surface area contributed by atoms with Gasteiger partial charge in [-0.15, -0.1) is 0 Å². The highest BCUT2D eigenvalue weighted by atomic mass is 16.4. The average Bonchev–Trinajstić information content (AvgIpc) is 3.10. The Kier molecular flexibility index (Phi) is 6.43. The van der Waals surface area contributed by atoms with Crippen molar-refractivity contribution in [3.63, 3.8) is 0 Å². The molecule has 0 aromatic heterocycles. The molecule has 0 spiro atoms. The summed E-state index contributed by atoms with van der Waals surface area (Å²) in [6.45, 7) is 3.97. The largest absolute Gasteiger partial charge is 0.480 e. The first-order valence-corrected chi connectivity index (χ1v) is 9.34. The molecule has 1 aliphatic carbocycles. The van der Waals surface area contributed by atoms with E-state index in [0.717, 1.165) is 32.1 Å². The van der Waals surface area contributed by atoms with Crippen molar-refractivity contribution in [1.29, 1.82) is 0 Å². The number of aliphatic carboxylic acids is 1. The van der Waals surface area contributed by atoms with Crippen LogP contribution in [0.2, 0.25) is 0 Å². The molecule has 7 nitrogen and oxygen atoms in total. The van der Waals surface area contributed by atoms with Gasteiger partial charge in [0.05, 0.1) is 6.04 Å². The second kappa shape index (κ2) is 8.17. The molecular weight excluding hydrogens is 322 g/mol. The van der Waals surface area contributed by atoms with Gasteiger partial charge in [-0.3, -0.25) is 9.59 Å². The van der Waals surface area contributed by atoms with Crippen LogP contribution in [0.4, 0.5) is 0 Å². The van der Waals surface area contributed by atoms with Crippen molar-refractivity contribution in [3.05, 3.63) is 0 Å². The molecule has 3 atom stereocenters. The second-order valence-electron chi connectivity index (χ2n) is 7.53. The number of carboxylic acids is 1. The van der Waals surface area contributed by atoms with Crippen LogP contribution < -0.4 is 10.6 Å². The van der Waals surface area contributed by atoms with Crippen molar-refractivity contribution in [2.24, 2.45) is 5.92 Å². The van der Waals surface area contributed by atoms with E-state index in [2.05, 4.69) is 10.6 Å². The first-order valence-electron chi connectivity index (χ1n) is 9.34. The summed E-state index contributed by atoms with van der Waals surface area (Å²) in [5.41, 5.74) is -1.05. The van der Waals surface area contributed by atoms with Gasteiger partial charge >= 0.3 is 5.97 Å². The lowest BCUT2D eigenvalue weighted by molar-refractivity contribution is -0.153. The first-order chi connectivity index (χ1) is 11.8. The third-order valence-electron chi connectivity index (χ3n) is 5.87. The van der Waals surface area contributed by atoms with Crippen LogP contribution in [0.5, 0.6) is 0 Å². The SMILES string of the molecule is CNC(C)C(=O)NC(C)(C(=O)N1CCCC1C(=O)O)C1CCCCC1. The lowest BCUT2D eigenvalue weighted by atomic mass is 9.74. The van der Waals surface area contributed by atoms with Crippen molar-refractivity contribution in [2.45, 2.75) is 76.4 Å². The van der Waals surface area contributed by atoms with Gasteiger partial charge in [0.1, 0.15) is 11.6 Å². The second-order valence-corrected chi connectivity index (χ2v) is 7.53. The van der Waals surface area contributed by atoms with Crippen LogP contribution in [0.3, 0.4) is 0 Å². The van der Waals surface area contributed by atoms with E-state index in [-0.39, 0.29) is 17.7 Å². The van der Waals surface area contributed by atoms with E-state index in [1.54, 1.807) is 20.9 Å². The maximum absolute atomic E-state index is 13.4. The van der Waals surface area contributed by atoms with Crippen molar-refractivity contribution in [3.8, 4) is 0 Å². The van der Waals surface area contributed by atoms with E-state index in [1.165, 1.54) is 4.90 Å². The number of carbonyl (C=O) groups excluding carboxylic acids is 2. The summed E-state index contributed by atoms with van der Waals surface area (Å²) in [5, 5.41) is 15.3. The predicted octanol–water partition coefficient (Wildman–Crippen LogP) is 1.13. The molecule has 142 valence electrons. The Bertz CT molecular complexity index is 518. The first kappa shape index (κ1) is 19.7. The summed E-state index contributed by atoms with van der Waals surface area (Å²) in [7, 11) is 1.70. The Hall–Kier alpha value is -1.63. The zero-order valence-corrected chi connectivity index (χ0v) is 15.5. The third kappa shape index (κ3) is 4.14. The minimum absolute atomic E-state index is 0.0387. The molecule has 3 unspecified atom stereocenters. The number of hydrogen-bond donors (Lipinski definition) is 3. The van der Waals surface area contributed by atoms with Crippen molar-refractivity contribution < 1.29 is 19.5 Å². The number of likely N-dealkylation sites (N-methyl/N-ethyl adjacent to an activating group) is 1. The molecule has 25 heavy (non-hydrogen) atoms. The van der Waals surface area contributed by atoms with Gasteiger partial charge in [-0.25, -0.2) is 4.79 Å². The van der Waals surface area contributed by atoms with E-state index >= 15 is 0 Å². The van der Waals surface area contributed by atoms with Crippen molar-refractivity contribution >= 4 is 17.8 Å². The van der Waals surface area contributed by atoms with Gasteiger partial charge in [0, 0.05) is 6.54 Å². The highest BCUT2D eigenvalue weighted by molar-refractivity contribution is 5.95. The van der Waals surface area contributed by atoms with Gasteiger partial charge in [-0.05, 0) is 52.5 Å². The van der Waals surface area contributed by atoms with Crippen molar-refractivity contribution in [2.75, 3.05) is 13.6 Å². The molecule has 2 fully saturated rings. The smallest absolute Gasteiger partial charge is 0.326 e. The fourth-order valence-corrected chi connectivity index (χ4v) is 4.07. The van der Waals surface area contributed by atoms with Crippen LogP contribution in [0.25, 0.3) is 0 Å². The molecule has 0 bridgehead atoms. The van der Waals surface area contributed by atoms with Gasteiger partial charge in [0.25, 0.3) is 0 Å². The number of carboxylic acid groups (broad SMARTS) is 1. The lowest BCUT2D eigenvalue weighted by Gasteiger charge is -2.42. The highest BCUT2D eigenvalue weighted by Crippen LogP contribution is 2.35. The highest BCUT2D eigenvalue weighted by Gasteiger charge is 2.48. The zero-order valence-electron chi connectivity index (χ0n) is 15.5. The van der Waals surface area contributed by atoms with Crippen molar-refractivity contribution in [1.82, 2.24) is 15.5 Å². The van der Waals surface area contributed by atoms with Gasteiger partial charge in [0.2, 0.25) is 11.8 Å². The maximum atomic E-state index is 13.4. The maximum Gasteiger partial charge on any atom is 0.326 e. The normalized spacial score (nSPS) is 25.2. The molecule has 0 aromatic carbocycles. The number of carbonyl (C=O) groups is 3. The van der Waals surface area contributed by atoms with Gasteiger partial charge in [0.15, 0.2) is 0 Å². The summed E-state index contributed by atoms with van der Waals surface area (Å²) in [4.78, 5) is 38.8. The molecular formula is C18H31N3O4. The molecule has 0 aromatic rings. The van der Waals surface area contributed by atoms with Gasteiger partial charge < -0.3 is 20.6 Å². The van der Waals surface area contributed by atoms with Crippen LogP contribution in [-0.4, -0.2) is 59.0 Å². The summed E-state index contributed by atoms with van der Waals surface area (Å²) in [6.07, 6.45) is 6.13. The lowest BCUT2D eigenvalue weighted by Crippen LogP contribution is -2.65. The Balaban J connectivity index is 2.27. The summed E-state index contributed by atoms with van der Waals surface area (Å²) < 4.78 is 0. The molecule has 1 heterocycles. The molecule has 1 saturated carbocycles. The van der Waals surface area contributed by atoms with Crippen LogP contribution >= 0.6 is 0 Å². The Morgan fingerprint density at radius 3 is 2.32 bits per heavy atom. The summed E-state index contributed by atoms with van der Waals surface area (Å²) >= 11 is 0. The van der Waals surface area contributed by atoms with Crippen LogP contribution in [0.15, 0.2) is 0 Å². The Labute approximate surface area is 149 Å². The van der Waals surface area contributed by atoms with Gasteiger partial charge in [-0.1, -0.05) is 19.3 Å². The molecule has 1 aliphatic heterocycles. The van der Waals surface area contributed by atoms with Crippen LogP contribution in [0, 0.1) is 5.92 Å². The van der Waals surface area contributed by atoms with E-state index in [1.807, 2.05) is 0 Å².